The average Bonchev–Trinajstić information content (AvgIpc) is 3.16. The molecule has 0 atom stereocenters. The van der Waals surface area contributed by atoms with E-state index >= 15 is 0 Å². The first-order chi connectivity index (χ1) is 14.1. The number of hydrogen-bond acceptors (Lipinski definition) is 4. The number of nitrogens with two attached hydrogens (primary N) is 1. The number of amides is 3. The summed E-state index contributed by atoms with van der Waals surface area (Å²) in [4.78, 5) is 40.1. The zero-order valence-electron chi connectivity index (χ0n) is 18.3. The lowest BCUT2D eigenvalue weighted by molar-refractivity contribution is -0.119. The van der Waals surface area contributed by atoms with Gasteiger partial charge in [-0.3, -0.25) is 9.59 Å². The average molecular weight is 419 g/mol. The van der Waals surface area contributed by atoms with Gasteiger partial charge in [0.1, 0.15) is 11.3 Å². The molecule has 0 saturated carbocycles. The fourth-order valence-corrected chi connectivity index (χ4v) is 4.33. The summed E-state index contributed by atoms with van der Waals surface area (Å²) in [7, 11) is 0. The molecule has 0 aliphatic carbocycles. The number of ether oxygens (including phenoxy) is 1. The number of piperidine rings is 2. The van der Waals surface area contributed by atoms with Crippen LogP contribution in [0.4, 0.5) is 4.79 Å². The molecule has 166 valence electrons. The van der Waals surface area contributed by atoms with E-state index < -0.39 is 5.60 Å². The summed E-state index contributed by atoms with van der Waals surface area (Å²) in [5.74, 6) is 0.0361. The third kappa shape index (κ3) is 5.55. The third-order valence-electron chi connectivity index (χ3n) is 5.90. The van der Waals surface area contributed by atoms with Crippen molar-refractivity contribution in [1.82, 2.24) is 14.4 Å². The van der Waals surface area contributed by atoms with Crippen molar-refractivity contribution < 1.29 is 19.1 Å². The lowest BCUT2D eigenvalue weighted by atomic mass is 9.93. The van der Waals surface area contributed by atoms with Gasteiger partial charge in [-0.15, -0.1) is 0 Å². The Morgan fingerprint density at radius 2 is 1.63 bits per heavy atom. The van der Waals surface area contributed by atoms with Crippen LogP contribution < -0.4 is 5.73 Å². The quantitative estimate of drug-likeness (QED) is 0.813. The second-order valence-corrected chi connectivity index (χ2v) is 9.41. The van der Waals surface area contributed by atoms with Crippen molar-refractivity contribution in [1.29, 1.82) is 0 Å². The summed E-state index contributed by atoms with van der Waals surface area (Å²) in [6, 6.07) is 3.97. The third-order valence-corrected chi connectivity index (χ3v) is 5.90. The zero-order valence-corrected chi connectivity index (χ0v) is 18.3. The molecule has 0 aromatic carbocycles. The van der Waals surface area contributed by atoms with Gasteiger partial charge in [0.15, 0.2) is 0 Å². The molecular formula is C22H34N4O4. The van der Waals surface area contributed by atoms with Crippen molar-refractivity contribution in [2.24, 2.45) is 11.7 Å². The van der Waals surface area contributed by atoms with Crippen LogP contribution in [-0.2, 0) is 9.53 Å². The minimum atomic E-state index is -0.501. The molecule has 0 bridgehead atoms. The molecule has 1 aromatic rings. The van der Waals surface area contributed by atoms with E-state index in [1.54, 1.807) is 4.90 Å². The number of aromatic nitrogens is 1. The molecule has 3 rings (SSSR count). The highest BCUT2D eigenvalue weighted by atomic mass is 16.6. The zero-order chi connectivity index (χ0) is 21.9. The fraction of sp³-hybridized carbons (Fsp3) is 0.682. The summed E-state index contributed by atoms with van der Waals surface area (Å²) < 4.78 is 7.53. The standard InChI is InChI=1S/C22H34N4O4/c1-22(2,3)30-21(29)25-13-8-17(9-14-25)26-10-4-5-18(26)20(28)24-11-6-16(7-12-24)15-19(23)27/h4-5,10,16-17H,6-9,11-15H2,1-3H3,(H2,23,27). The van der Waals surface area contributed by atoms with Crippen LogP contribution in [0.3, 0.4) is 0 Å². The smallest absolute Gasteiger partial charge is 0.410 e. The first-order valence-electron chi connectivity index (χ1n) is 10.9. The van der Waals surface area contributed by atoms with Crippen LogP contribution in [0, 0.1) is 5.92 Å². The van der Waals surface area contributed by atoms with Gasteiger partial charge in [-0.1, -0.05) is 0 Å². The number of carbonyl (C=O) groups is 3. The molecule has 0 radical (unpaired) electrons. The number of hydrogen-bond donors (Lipinski definition) is 1. The maximum absolute atomic E-state index is 13.1. The normalized spacial score (nSPS) is 19.0. The Balaban J connectivity index is 1.57. The van der Waals surface area contributed by atoms with E-state index in [1.807, 2.05) is 44.0 Å². The molecule has 2 fully saturated rings. The Labute approximate surface area is 178 Å². The molecule has 2 N–H and O–H groups in total. The topological polar surface area (TPSA) is 97.9 Å². The summed E-state index contributed by atoms with van der Waals surface area (Å²) in [5.41, 5.74) is 5.49. The number of rotatable bonds is 4. The lowest BCUT2D eigenvalue weighted by Crippen LogP contribution is -2.43. The summed E-state index contributed by atoms with van der Waals surface area (Å²) >= 11 is 0. The van der Waals surface area contributed by atoms with Gasteiger partial charge in [-0.05, 0) is 64.5 Å². The van der Waals surface area contributed by atoms with E-state index in [2.05, 4.69) is 4.57 Å². The van der Waals surface area contributed by atoms with Gasteiger partial charge in [-0.25, -0.2) is 4.79 Å². The minimum Gasteiger partial charge on any atom is -0.444 e. The van der Waals surface area contributed by atoms with Crippen LogP contribution in [0.25, 0.3) is 0 Å². The van der Waals surface area contributed by atoms with E-state index in [-0.39, 0.29) is 29.9 Å². The van der Waals surface area contributed by atoms with Gasteiger partial charge in [-0.2, -0.15) is 0 Å². The van der Waals surface area contributed by atoms with Crippen LogP contribution in [0.1, 0.15) is 69.4 Å². The Bertz CT molecular complexity index is 766. The molecule has 8 heteroatoms. The highest BCUT2D eigenvalue weighted by Crippen LogP contribution is 2.27. The van der Waals surface area contributed by atoms with E-state index in [9.17, 15) is 14.4 Å². The minimum absolute atomic E-state index is 0.0343. The largest absolute Gasteiger partial charge is 0.444 e. The van der Waals surface area contributed by atoms with Crippen molar-refractivity contribution in [2.45, 2.75) is 64.5 Å². The van der Waals surface area contributed by atoms with E-state index in [1.165, 1.54) is 0 Å². The maximum atomic E-state index is 13.1. The molecule has 3 heterocycles. The van der Waals surface area contributed by atoms with Gasteiger partial charge >= 0.3 is 6.09 Å². The van der Waals surface area contributed by atoms with E-state index in [0.717, 1.165) is 25.7 Å². The van der Waals surface area contributed by atoms with Crippen LogP contribution in [0.15, 0.2) is 18.3 Å². The molecule has 2 saturated heterocycles. The van der Waals surface area contributed by atoms with E-state index in [4.69, 9.17) is 10.5 Å². The van der Waals surface area contributed by atoms with Crippen LogP contribution >= 0.6 is 0 Å². The predicted octanol–water partition coefficient (Wildman–Crippen LogP) is 2.79. The van der Waals surface area contributed by atoms with Crippen LogP contribution in [0.2, 0.25) is 0 Å². The highest BCUT2D eigenvalue weighted by molar-refractivity contribution is 5.93. The van der Waals surface area contributed by atoms with Gasteiger partial charge < -0.3 is 24.8 Å². The number of primary amides is 1. The predicted molar refractivity (Wildman–Crippen MR) is 113 cm³/mol. The number of nitrogens with zero attached hydrogens (tertiary/aromatic N) is 3. The Kier molecular flexibility index (Phi) is 6.73. The number of carbonyl (C=O) groups excluding carboxylic acids is 3. The highest BCUT2D eigenvalue weighted by Gasteiger charge is 2.30. The molecule has 2 aliphatic heterocycles. The molecular weight excluding hydrogens is 384 g/mol. The molecule has 0 unspecified atom stereocenters. The number of likely N-dealkylation sites (tertiary alicyclic amines) is 2. The summed E-state index contributed by atoms with van der Waals surface area (Å²) in [6.07, 6.45) is 5.27. The van der Waals surface area contributed by atoms with Gasteiger partial charge in [0.05, 0.1) is 0 Å². The summed E-state index contributed by atoms with van der Waals surface area (Å²) in [5, 5.41) is 0. The fourth-order valence-electron chi connectivity index (χ4n) is 4.33. The first-order valence-corrected chi connectivity index (χ1v) is 10.9. The molecule has 2 aliphatic rings. The monoisotopic (exact) mass is 418 g/mol. The van der Waals surface area contributed by atoms with Gasteiger partial charge in [0.25, 0.3) is 5.91 Å². The van der Waals surface area contributed by atoms with Crippen molar-refractivity contribution in [2.75, 3.05) is 26.2 Å². The van der Waals surface area contributed by atoms with Gasteiger partial charge in [0.2, 0.25) is 5.91 Å². The second-order valence-electron chi connectivity index (χ2n) is 9.41. The van der Waals surface area contributed by atoms with Crippen molar-refractivity contribution in [3.63, 3.8) is 0 Å². The van der Waals surface area contributed by atoms with Crippen LogP contribution in [-0.4, -0.2) is 64.1 Å². The Morgan fingerprint density at radius 3 is 2.20 bits per heavy atom. The van der Waals surface area contributed by atoms with Gasteiger partial charge in [0, 0.05) is 44.8 Å². The molecule has 8 nitrogen and oxygen atoms in total. The van der Waals surface area contributed by atoms with Crippen molar-refractivity contribution in [3.8, 4) is 0 Å². The Hall–Kier alpha value is -2.51. The van der Waals surface area contributed by atoms with Crippen LogP contribution in [0.5, 0.6) is 0 Å². The second kappa shape index (κ2) is 9.10. The SMILES string of the molecule is CC(C)(C)OC(=O)N1CCC(n2cccc2C(=O)N2CCC(CC(N)=O)CC2)CC1. The molecule has 0 spiro atoms. The van der Waals surface area contributed by atoms with Crippen molar-refractivity contribution >= 4 is 17.9 Å². The van der Waals surface area contributed by atoms with Crippen molar-refractivity contribution in [3.05, 3.63) is 24.0 Å². The molecule has 3 amide bonds. The lowest BCUT2D eigenvalue weighted by Gasteiger charge is -2.35. The van der Waals surface area contributed by atoms with E-state index in [0.29, 0.717) is 38.3 Å². The summed E-state index contributed by atoms with van der Waals surface area (Å²) in [6.45, 7) is 8.13. The maximum Gasteiger partial charge on any atom is 0.410 e. The first kappa shape index (κ1) is 22.2. The molecule has 30 heavy (non-hydrogen) atoms. The molecule has 1 aromatic heterocycles. The Morgan fingerprint density at radius 1 is 1.03 bits per heavy atom.